The summed E-state index contributed by atoms with van der Waals surface area (Å²) in [4.78, 5) is 2.02. The summed E-state index contributed by atoms with van der Waals surface area (Å²) in [7, 11) is 3.30. The maximum Gasteiger partial charge on any atom is 0.316 e. The molecular weight excluding hydrogens is 360 g/mol. The number of methoxy groups -OCH3 is 2. The minimum Gasteiger partial charge on any atom is -0.497 e. The molecule has 0 aliphatic carbocycles. The van der Waals surface area contributed by atoms with Gasteiger partial charge in [0.15, 0.2) is 18.0 Å². The van der Waals surface area contributed by atoms with Crippen LogP contribution in [0.2, 0.25) is 0 Å². The number of nitrogens with zero attached hydrogens (tertiary/aromatic N) is 2. The van der Waals surface area contributed by atoms with Crippen LogP contribution in [0, 0.1) is 6.92 Å². The third-order valence-electron chi connectivity index (χ3n) is 5.19. The molecule has 142 valence electrons. The fourth-order valence-electron chi connectivity index (χ4n) is 3.77. The summed E-state index contributed by atoms with van der Waals surface area (Å²) in [5.41, 5.74) is 1.69. The van der Waals surface area contributed by atoms with E-state index in [4.69, 9.17) is 9.47 Å². The van der Waals surface area contributed by atoms with Gasteiger partial charge in [0.25, 0.3) is 5.72 Å². The number of rotatable bonds is 4. The van der Waals surface area contributed by atoms with E-state index in [1.54, 1.807) is 26.0 Å². The highest BCUT2D eigenvalue weighted by molar-refractivity contribution is 8.14. The van der Waals surface area contributed by atoms with Gasteiger partial charge in [-0.15, -0.1) is 0 Å². The lowest BCUT2D eigenvalue weighted by Gasteiger charge is -2.29. The molecule has 2 aliphatic rings. The molecule has 6 heteroatoms. The van der Waals surface area contributed by atoms with Gasteiger partial charge in [-0.1, -0.05) is 29.8 Å². The zero-order valence-electron chi connectivity index (χ0n) is 15.9. The first-order chi connectivity index (χ1) is 13.1. The van der Waals surface area contributed by atoms with Crippen LogP contribution in [0.4, 0.5) is 5.69 Å². The Hall–Kier alpha value is -2.18. The molecule has 2 aromatic rings. The van der Waals surface area contributed by atoms with Gasteiger partial charge in [-0.3, -0.25) is 0 Å². The van der Waals surface area contributed by atoms with Crippen LogP contribution in [0.15, 0.2) is 42.5 Å². The third kappa shape index (κ3) is 3.07. The van der Waals surface area contributed by atoms with Crippen LogP contribution in [0.1, 0.15) is 17.5 Å². The Morgan fingerprint density at radius 2 is 1.89 bits per heavy atom. The minimum absolute atomic E-state index is 0.527. The molecule has 0 aromatic heterocycles. The fourth-order valence-corrected chi connectivity index (χ4v) is 4.94. The Labute approximate surface area is 164 Å². The number of hydrogen-bond acceptors (Lipinski definition) is 5. The van der Waals surface area contributed by atoms with Crippen molar-refractivity contribution in [2.45, 2.75) is 19.1 Å². The van der Waals surface area contributed by atoms with E-state index in [2.05, 4.69) is 11.5 Å². The minimum atomic E-state index is -1.17. The van der Waals surface area contributed by atoms with Crippen LogP contribution in [0.3, 0.4) is 0 Å². The summed E-state index contributed by atoms with van der Waals surface area (Å²) < 4.78 is 13.4. The van der Waals surface area contributed by atoms with Crippen molar-refractivity contribution in [3.8, 4) is 11.5 Å². The van der Waals surface area contributed by atoms with E-state index in [0.29, 0.717) is 12.3 Å². The van der Waals surface area contributed by atoms with Gasteiger partial charge in [-0.05, 0) is 37.2 Å². The van der Waals surface area contributed by atoms with Crippen molar-refractivity contribution in [1.29, 1.82) is 0 Å². The molecule has 0 bridgehead atoms. The summed E-state index contributed by atoms with van der Waals surface area (Å²) in [6, 6.07) is 13.8. The SMILES string of the molecule is COc1ccc(OC)c(N2C3=[N+](CCCS3)C[C@]2(O)c2ccc(C)cc2)c1. The molecule has 0 saturated heterocycles. The van der Waals surface area contributed by atoms with Gasteiger partial charge in [-0.2, -0.15) is 4.90 Å². The molecule has 0 amide bonds. The lowest BCUT2D eigenvalue weighted by molar-refractivity contribution is -0.532. The summed E-state index contributed by atoms with van der Waals surface area (Å²) in [6.45, 7) is 3.53. The van der Waals surface area contributed by atoms with Gasteiger partial charge in [-0.25, -0.2) is 4.58 Å². The molecule has 27 heavy (non-hydrogen) atoms. The molecule has 2 heterocycles. The fraction of sp³-hybridized carbons (Fsp3) is 0.381. The standard InChI is InChI=1S/C21H25N2O3S/c1-15-5-7-16(8-6-15)21(24)14-22-11-4-12-27-20(22)23(21)18-13-17(25-2)9-10-19(18)26-3/h5-10,13,24H,4,11-12,14H2,1-3H3/q+1/t21-/m0/s1. The van der Waals surface area contributed by atoms with E-state index in [-0.39, 0.29) is 0 Å². The topological polar surface area (TPSA) is 44.9 Å². The van der Waals surface area contributed by atoms with Crippen LogP contribution in [0.25, 0.3) is 0 Å². The second kappa shape index (κ2) is 7.09. The van der Waals surface area contributed by atoms with Crippen LogP contribution in [-0.4, -0.2) is 47.9 Å². The van der Waals surface area contributed by atoms with Gasteiger partial charge in [0, 0.05) is 17.4 Å². The molecule has 0 radical (unpaired) electrons. The van der Waals surface area contributed by atoms with E-state index in [9.17, 15) is 5.11 Å². The quantitative estimate of drug-likeness (QED) is 0.819. The first kappa shape index (κ1) is 18.2. The number of benzene rings is 2. The number of amidine groups is 1. The summed E-state index contributed by atoms with van der Waals surface area (Å²) in [5.74, 6) is 2.48. The van der Waals surface area contributed by atoms with Crippen molar-refractivity contribution in [2.75, 3.05) is 38.0 Å². The summed E-state index contributed by atoms with van der Waals surface area (Å²) in [5, 5.41) is 13.0. The monoisotopic (exact) mass is 385 g/mol. The maximum atomic E-state index is 11.9. The Kier molecular flexibility index (Phi) is 4.78. The second-order valence-corrected chi connectivity index (χ2v) is 8.02. The smallest absolute Gasteiger partial charge is 0.316 e. The van der Waals surface area contributed by atoms with Crippen LogP contribution >= 0.6 is 11.8 Å². The van der Waals surface area contributed by atoms with Crippen molar-refractivity contribution < 1.29 is 19.2 Å². The van der Waals surface area contributed by atoms with Gasteiger partial charge >= 0.3 is 5.17 Å². The molecule has 0 unspecified atom stereocenters. The Bertz CT molecular complexity index is 881. The predicted octanol–water partition coefficient (Wildman–Crippen LogP) is 3.18. The molecule has 0 fully saturated rings. The number of aliphatic hydroxyl groups is 1. The molecule has 4 rings (SSSR count). The highest BCUT2D eigenvalue weighted by atomic mass is 32.2. The number of aryl methyl sites for hydroxylation is 1. The molecule has 1 atom stereocenters. The molecule has 2 aromatic carbocycles. The predicted molar refractivity (Wildman–Crippen MR) is 109 cm³/mol. The van der Waals surface area contributed by atoms with Crippen molar-refractivity contribution in [3.05, 3.63) is 53.6 Å². The largest absolute Gasteiger partial charge is 0.497 e. The van der Waals surface area contributed by atoms with E-state index in [1.165, 1.54) is 5.56 Å². The number of hydrogen-bond donors (Lipinski definition) is 1. The van der Waals surface area contributed by atoms with Crippen molar-refractivity contribution in [2.24, 2.45) is 0 Å². The summed E-state index contributed by atoms with van der Waals surface area (Å²) >= 11 is 1.78. The normalized spacial score (nSPS) is 22.0. The Morgan fingerprint density at radius 3 is 2.59 bits per heavy atom. The van der Waals surface area contributed by atoms with E-state index >= 15 is 0 Å². The van der Waals surface area contributed by atoms with Crippen molar-refractivity contribution in [1.82, 2.24) is 0 Å². The number of ether oxygens (including phenoxy) is 2. The molecule has 0 spiro atoms. The highest BCUT2D eigenvalue weighted by Gasteiger charge is 2.56. The van der Waals surface area contributed by atoms with Crippen molar-refractivity contribution in [3.63, 3.8) is 0 Å². The zero-order valence-corrected chi connectivity index (χ0v) is 16.8. The molecule has 1 N–H and O–H groups in total. The summed E-state index contributed by atoms with van der Waals surface area (Å²) in [6.07, 6.45) is 1.11. The van der Waals surface area contributed by atoms with Gasteiger partial charge in [0.2, 0.25) is 0 Å². The van der Waals surface area contributed by atoms with E-state index in [1.807, 2.05) is 47.4 Å². The van der Waals surface area contributed by atoms with E-state index in [0.717, 1.165) is 40.9 Å². The zero-order chi connectivity index (χ0) is 19.0. The van der Waals surface area contributed by atoms with Gasteiger partial charge < -0.3 is 14.6 Å². The average molecular weight is 386 g/mol. The third-order valence-corrected chi connectivity index (χ3v) is 6.38. The van der Waals surface area contributed by atoms with Crippen LogP contribution in [0.5, 0.6) is 11.5 Å². The molecule has 5 nitrogen and oxygen atoms in total. The Morgan fingerprint density at radius 1 is 1.11 bits per heavy atom. The van der Waals surface area contributed by atoms with Gasteiger partial charge in [0.05, 0.1) is 20.8 Å². The number of thioether (sulfide) groups is 1. The second-order valence-electron chi connectivity index (χ2n) is 6.96. The maximum absolute atomic E-state index is 11.9. The first-order valence-corrected chi connectivity index (χ1v) is 10.1. The molecule has 2 aliphatic heterocycles. The Balaban J connectivity index is 1.90. The van der Waals surface area contributed by atoms with Crippen molar-refractivity contribution >= 4 is 22.6 Å². The van der Waals surface area contributed by atoms with Crippen LogP contribution < -0.4 is 14.4 Å². The van der Waals surface area contributed by atoms with Gasteiger partial charge in [0.1, 0.15) is 5.75 Å². The first-order valence-electron chi connectivity index (χ1n) is 9.13. The molecule has 0 saturated carbocycles. The lowest BCUT2D eigenvalue weighted by atomic mass is 9.99. The average Bonchev–Trinajstić information content (AvgIpc) is 3.00. The molecular formula is C21H25N2O3S+. The van der Waals surface area contributed by atoms with Crippen LogP contribution in [-0.2, 0) is 5.72 Å². The highest BCUT2D eigenvalue weighted by Crippen LogP contribution is 2.44. The number of anilines is 1. The lowest BCUT2D eigenvalue weighted by Crippen LogP contribution is -2.46. The van der Waals surface area contributed by atoms with E-state index < -0.39 is 5.72 Å².